The Balaban J connectivity index is 1.56. The van der Waals surface area contributed by atoms with Gasteiger partial charge in [-0.1, -0.05) is 35.3 Å². The highest BCUT2D eigenvalue weighted by Gasteiger charge is 2.19. The number of piperidine rings is 1. The number of nitrogens with zero attached hydrogens (tertiary/aromatic N) is 3. The molecule has 1 aromatic heterocycles. The predicted molar refractivity (Wildman–Crippen MR) is 121 cm³/mol. The van der Waals surface area contributed by atoms with E-state index in [2.05, 4.69) is 19.8 Å². The highest BCUT2D eigenvalue weighted by atomic mass is 35.5. The van der Waals surface area contributed by atoms with Crippen molar-refractivity contribution in [1.29, 1.82) is 0 Å². The normalized spacial score (nSPS) is 14.5. The van der Waals surface area contributed by atoms with Crippen LogP contribution in [-0.2, 0) is 10.0 Å². The maximum atomic E-state index is 12.8. The quantitative estimate of drug-likeness (QED) is 0.560. The van der Waals surface area contributed by atoms with Crippen molar-refractivity contribution in [2.75, 3.05) is 22.7 Å². The van der Waals surface area contributed by atoms with Gasteiger partial charge < -0.3 is 4.90 Å². The summed E-state index contributed by atoms with van der Waals surface area (Å²) < 4.78 is 28.1. The van der Waals surface area contributed by atoms with Gasteiger partial charge in [-0.25, -0.2) is 8.42 Å². The second-order valence-corrected chi connectivity index (χ2v) is 9.58. The van der Waals surface area contributed by atoms with Crippen LogP contribution in [0, 0.1) is 0 Å². The van der Waals surface area contributed by atoms with Gasteiger partial charge in [0, 0.05) is 29.4 Å². The fraction of sp³-hybridized carbons (Fsp3) is 0.238. The van der Waals surface area contributed by atoms with E-state index in [1.54, 1.807) is 18.2 Å². The molecule has 1 N–H and O–H groups in total. The van der Waals surface area contributed by atoms with Crippen LogP contribution in [0.1, 0.15) is 19.3 Å². The number of aromatic nitrogens is 2. The molecule has 1 aliphatic heterocycles. The number of halogens is 2. The summed E-state index contributed by atoms with van der Waals surface area (Å²) in [5.74, 6) is 0.867. The number of sulfonamides is 1. The number of hydrogen-bond donors (Lipinski definition) is 1. The molecular weight excluding hydrogens is 443 g/mol. The van der Waals surface area contributed by atoms with E-state index < -0.39 is 10.0 Å². The highest BCUT2D eigenvalue weighted by Crippen LogP contribution is 2.28. The molecule has 0 aliphatic carbocycles. The molecule has 1 aliphatic rings. The minimum absolute atomic E-state index is 0.0762. The lowest BCUT2D eigenvalue weighted by Gasteiger charge is -2.27. The van der Waals surface area contributed by atoms with Crippen molar-refractivity contribution in [2.45, 2.75) is 24.2 Å². The van der Waals surface area contributed by atoms with Crippen LogP contribution in [0.15, 0.2) is 59.5 Å². The first-order valence-electron chi connectivity index (χ1n) is 9.59. The summed E-state index contributed by atoms with van der Waals surface area (Å²) in [5, 5.41) is 9.08. The van der Waals surface area contributed by atoms with Gasteiger partial charge in [-0.3, -0.25) is 4.72 Å². The Hall–Kier alpha value is -2.35. The fourth-order valence-corrected chi connectivity index (χ4v) is 5.22. The summed E-state index contributed by atoms with van der Waals surface area (Å²) in [6.45, 7) is 1.99. The van der Waals surface area contributed by atoms with Crippen LogP contribution in [0.2, 0.25) is 10.0 Å². The molecule has 2 aromatic carbocycles. The van der Waals surface area contributed by atoms with Crippen LogP contribution in [0.4, 0.5) is 11.5 Å². The van der Waals surface area contributed by atoms with Crippen molar-refractivity contribution in [3.8, 4) is 11.3 Å². The first-order valence-corrected chi connectivity index (χ1v) is 11.8. The van der Waals surface area contributed by atoms with E-state index in [0.29, 0.717) is 11.4 Å². The lowest BCUT2D eigenvalue weighted by molar-refractivity contribution is 0.571. The molecule has 0 saturated carbocycles. The SMILES string of the molecule is O=S(=O)(Nc1cccc(-c2ccc(N3CCCCC3)nn2)c1)c1cc(Cl)ccc1Cl. The lowest BCUT2D eigenvalue weighted by atomic mass is 10.1. The summed E-state index contributed by atoms with van der Waals surface area (Å²) in [6.07, 6.45) is 3.59. The van der Waals surface area contributed by atoms with Gasteiger partial charge in [0.05, 0.1) is 10.7 Å². The zero-order valence-electron chi connectivity index (χ0n) is 16.1. The first kappa shape index (κ1) is 20.9. The number of hydrogen-bond acceptors (Lipinski definition) is 5. The van der Waals surface area contributed by atoms with Gasteiger partial charge in [-0.05, 0) is 61.7 Å². The highest BCUT2D eigenvalue weighted by molar-refractivity contribution is 7.92. The second kappa shape index (κ2) is 8.79. The predicted octanol–water partition coefficient (Wildman–Crippen LogP) is 5.24. The summed E-state index contributed by atoms with van der Waals surface area (Å²) in [5.41, 5.74) is 1.81. The maximum Gasteiger partial charge on any atom is 0.263 e. The number of nitrogens with one attached hydrogen (secondary N) is 1. The van der Waals surface area contributed by atoms with Crippen molar-refractivity contribution >= 4 is 44.7 Å². The molecule has 4 rings (SSSR count). The molecule has 0 bridgehead atoms. The minimum atomic E-state index is -3.90. The van der Waals surface area contributed by atoms with E-state index in [9.17, 15) is 8.42 Å². The van der Waals surface area contributed by atoms with Crippen molar-refractivity contribution in [3.05, 3.63) is 64.6 Å². The lowest BCUT2D eigenvalue weighted by Crippen LogP contribution is -2.30. The average molecular weight is 463 g/mol. The molecule has 6 nitrogen and oxygen atoms in total. The van der Waals surface area contributed by atoms with Gasteiger partial charge >= 0.3 is 0 Å². The van der Waals surface area contributed by atoms with Gasteiger partial charge in [0.25, 0.3) is 10.0 Å². The molecule has 0 unspecified atom stereocenters. The van der Waals surface area contributed by atoms with Crippen LogP contribution < -0.4 is 9.62 Å². The Morgan fingerprint density at radius 2 is 1.70 bits per heavy atom. The Kier molecular flexibility index (Phi) is 6.13. The molecule has 9 heteroatoms. The van der Waals surface area contributed by atoms with Crippen LogP contribution in [0.5, 0.6) is 0 Å². The summed E-state index contributed by atoms with van der Waals surface area (Å²) >= 11 is 12.0. The Bertz CT molecular complexity index is 1150. The number of rotatable bonds is 5. The Morgan fingerprint density at radius 1 is 0.900 bits per heavy atom. The molecule has 0 radical (unpaired) electrons. The van der Waals surface area contributed by atoms with Crippen LogP contribution in [-0.4, -0.2) is 31.7 Å². The molecule has 0 atom stereocenters. The van der Waals surface area contributed by atoms with Gasteiger partial charge in [-0.15, -0.1) is 10.2 Å². The average Bonchev–Trinajstić information content (AvgIpc) is 2.76. The third-order valence-corrected chi connectivity index (χ3v) is 7.02. The van der Waals surface area contributed by atoms with E-state index in [0.717, 1.165) is 24.5 Å². The van der Waals surface area contributed by atoms with E-state index in [1.165, 1.54) is 37.5 Å². The topological polar surface area (TPSA) is 75.2 Å². The summed E-state index contributed by atoms with van der Waals surface area (Å²) in [4.78, 5) is 2.16. The van der Waals surface area contributed by atoms with Gasteiger partial charge in [0.15, 0.2) is 5.82 Å². The zero-order chi connectivity index (χ0) is 21.1. The van der Waals surface area contributed by atoms with Crippen LogP contribution >= 0.6 is 23.2 Å². The maximum absolute atomic E-state index is 12.8. The second-order valence-electron chi connectivity index (χ2n) is 7.09. The molecule has 30 heavy (non-hydrogen) atoms. The molecule has 156 valence electrons. The third-order valence-electron chi connectivity index (χ3n) is 4.92. The number of anilines is 2. The van der Waals surface area contributed by atoms with E-state index in [1.807, 2.05) is 18.2 Å². The zero-order valence-corrected chi connectivity index (χ0v) is 18.4. The third kappa shape index (κ3) is 4.69. The summed E-state index contributed by atoms with van der Waals surface area (Å²) in [6, 6.07) is 15.1. The smallest absolute Gasteiger partial charge is 0.263 e. The molecule has 0 spiro atoms. The van der Waals surface area contributed by atoms with Crippen molar-refractivity contribution in [3.63, 3.8) is 0 Å². The van der Waals surface area contributed by atoms with Crippen LogP contribution in [0.25, 0.3) is 11.3 Å². The van der Waals surface area contributed by atoms with E-state index >= 15 is 0 Å². The summed E-state index contributed by atoms with van der Waals surface area (Å²) in [7, 11) is -3.90. The molecule has 1 fully saturated rings. The van der Waals surface area contributed by atoms with Crippen molar-refractivity contribution in [1.82, 2.24) is 10.2 Å². The van der Waals surface area contributed by atoms with E-state index in [-0.39, 0.29) is 14.9 Å². The van der Waals surface area contributed by atoms with Gasteiger partial charge in [0.2, 0.25) is 0 Å². The largest absolute Gasteiger partial charge is 0.355 e. The van der Waals surface area contributed by atoms with Gasteiger partial charge in [0.1, 0.15) is 4.90 Å². The monoisotopic (exact) mass is 462 g/mol. The van der Waals surface area contributed by atoms with Gasteiger partial charge in [-0.2, -0.15) is 0 Å². The molecule has 2 heterocycles. The molecule has 0 amide bonds. The molecule has 1 saturated heterocycles. The van der Waals surface area contributed by atoms with Crippen molar-refractivity contribution < 1.29 is 8.42 Å². The van der Waals surface area contributed by atoms with Crippen LogP contribution in [0.3, 0.4) is 0 Å². The number of benzene rings is 2. The Morgan fingerprint density at radius 3 is 2.43 bits per heavy atom. The first-order chi connectivity index (χ1) is 14.4. The Labute approximate surface area is 185 Å². The minimum Gasteiger partial charge on any atom is -0.355 e. The van der Waals surface area contributed by atoms with Crippen molar-refractivity contribution in [2.24, 2.45) is 0 Å². The van der Waals surface area contributed by atoms with E-state index in [4.69, 9.17) is 23.2 Å². The standard InChI is InChI=1S/C21H20Cl2N4O2S/c22-16-7-8-18(23)20(14-16)30(28,29)26-17-6-4-5-15(13-17)19-9-10-21(25-24-19)27-11-2-1-3-12-27/h4-10,13-14,26H,1-3,11-12H2. The molecular formula is C21H20Cl2N4O2S. The fourth-order valence-electron chi connectivity index (χ4n) is 3.41. The molecule has 3 aromatic rings.